The second-order valence-electron chi connectivity index (χ2n) is 10.9. The molecule has 0 radical (unpaired) electrons. The molecule has 0 N–H and O–H groups in total. The lowest BCUT2D eigenvalue weighted by Crippen LogP contribution is -2.48. The van der Waals surface area contributed by atoms with Crippen molar-refractivity contribution in [1.82, 2.24) is 0 Å². The first-order valence-corrected chi connectivity index (χ1v) is 12.0. The lowest BCUT2D eigenvalue weighted by Gasteiger charge is -2.50. The quantitative estimate of drug-likeness (QED) is 0.228. The van der Waals surface area contributed by atoms with Crippen LogP contribution in [0.2, 0.25) is 0 Å². The molecule has 0 heterocycles. The smallest absolute Gasteiger partial charge is 0.311 e. The van der Waals surface area contributed by atoms with Crippen molar-refractivity contribution in [3.8, 4) is 0 Å². The molecule has 6 nitrogen and oxygen atoms in total. The van der Waals surface area contributed by atoms with Crippen LogP contribution in [0, 0.1) is 28.1 Å². The number of ether oxygens (including phenoxy) is 4. The van der Waals surface area contributed by atoms with Gasteiger partial charge in [0.15, 0.2) is 5.78 Å². The molecule has 4 aliphatic rings. The van der Waals surface area contributed by atoms with Crippen LogP contribution in [0.25, 0.3) is 0 Å². The van der Waals surface area contributed by atoms with Crippen LogP contribution in [0.5, 0.6) is 0 Å². The van der Waals surface area contributed by atoms with Gasteiger partial charge in [0.2, 0.25) is 0 Å². The number of hydrogen-bond donors (Lipinski definition) is 0. The third kappa shape index (κ3) is 3.78. The Labute approximate surface area is 191 Å². The van der Waals surface area contributed by atoms with Crippen molar-refractivity contribution in [2.24, 2.45) is 28.1 Å². The fraction of sp³-hybridized carbons (Fsp3) is 0.769. The van der Waals surface area contributed by atoms with Gasteiger partial charge in [-0.15, -0.1) is 0 Å². The number of methoxy groups -OCH3 is 1. The number of esters is 1. The van der Waals surface area contributed by atoms with E-state index >= 15 is 0 Å². The molecular weight excluding hydrogens is 408 g/mol. The number of carbonyl (C=O) groups is 2. The Balaban J connectivity index is 1.60. The van der Waals surface area contributed by atoms with Gasteiger partial charge in [0, 0.05) is 30.4 Å². The average Bonchev–Trinajstić information content (AvgIpc) is 2.86. The van der Waals surface area contributed by atoms with Crippen LogP contribution in [-0.2, 0) is 28.5 Å². The minimum absolute atomic E-state index is 0.0356. The van der Waals surface area contributed by atoms with Gasteiger partial charge < -0.3 is 18.9 Å². The second kappa shape index (κ2) is 9.03. The summed E-state index contributed by atoms with van der Waals surface area (Å²) in [5.74, 6) is 0.676. The summed E-state index contributed by atoms with van der Waals surface area (Å²) < 4.78 is 22.7. The van der Waals surface area contributed by atoms with E-state index in [4.69, 9.17) is 18.9 Å². The molecule has 0 aromatic rings. The fourth-order valence-electron chi connectivity index (χ4n) is 6.89. The highest BCUT2D eigenvalue weighted by atomic mass is 16.7. The summed E-state index contributed by atoms with van der Waals surface area (Å²) in [6.07, 6.45) is 11.9. The van der Waals surface area contributed by atoms with Crippen molar-refractivity contribution in [2.75, 3.05) is 33.7 Å². The molecule has 4 bridgehead atoms. The molecule has 2 saturated carbocycles. The average molecular weight is 447 g/mol. The molecular formula is C26H38O6. The van der Waals surface area contributed by atoms with E-state index in [1.807, 2.05) is 20.8 Å². The van der Waals surface area contributed by atoms with Crippen molar-refractivity contribution >= 4 is 11.8 Å². The van der Waals surface area contributed by atoms with Crippen molar-refractivity contribution in [3.63, 3.8) is 0 Å². The maximum absolute atomic E-state index is 13.0. The van der Waals surface area contributed by atoms with Crippen molar-refractivity contribution in [1.29, 1.82) is 0 Å². The maximum atomic E-state index is 13.0. The zero-order valence-corrected chi connectivity index (χ0v) is 20.0. The first-order chi connectivity index (χ1) is 15.3. The van der Waals surface area contributed by atoms with E-state index < -0.39 is 5.41 Å². The van der Waals surface area contributed by atoms with Crippen LogP contribution in [0.3, 0.4) is 0 Å². The van der Waals surface area contributed by atoms with E-state index in [1.165, 1.54) is 0 Å². The molecule has 32 heavy (non-hydrogen) atoms. The van der Waals surface area contributed by atoms with Gasteiger partial charge >= 0.3 is 5.97 Å². The van der Waals surface area contributed by atoms with E-state index in [2.05, 4.69) is 18.2 Å². The lowest BCUT2D eigenvalue weighted by molar-refractivity contribution is -0.154. The molecule has 0 amide bonds. The Bertz CT molecular complexity index is 793. The highest BCUT2D eigenvalue weighted by Gasteiger charge is 2.71. The normalized spacial score (nSPS) is 35.4. The van der Waals surface area contributed by atoms with Crippen LogP contribution in [0.15, 0.2) is 23.8 Å². The van der Waals surface area contributed by atoms with Gasteiger partial charge in [-0.3, -0.25) is 9.59 Å². The molecule has 5 atom stereocenters. The number of Topliss-reactive ketones (excluding diaryl/α,β-unsaturated/α-hetero) is 1. The molecule has 0 aromatic heterocycles. The van der Waals surface area contributed by atoms with Crippen LogP contribution in [0.1, 0.15) is 59.3 Å². The SMILES string of the molecule is COCOCCO[C@H]1[C@@H]2C=CC[C@H]3[C@@]2(CCOC(=O)C(C)(C)C)CC=C2C(=O)CCC[C@@]213. The minimum atomic E-state index is -0.506. The number of rotatable bonds is 9. The van der Waals surface area contributed by atoms with Gasteiger partial charge in [-0.1, -0.05) is 18.2 Å². The molecule has 178 valence electrons. The number of allylic oxidation sites excluding steroid dienone is 2. The molecule has 4 rings (SSSR count). The maximum Gasteiger partial charge on any atom is 0.311 e. The zero-order chi connectivity index (χ0) is 23.0. The summed E-state index contributed by atoms with van der Waals surface area (Å²) in [4.78, 5) is 25.4. The van der Waals surface area contributed by atoms with Crippen molar-refractivity contribution in [3.05, 3.63) is 23.8 Å². The van der Waals surface area contributed by atoms with Gasteiger partial charge in [0.1, 0.15) is 6.79 Å². The first-order valence-electron chi connectivity index (χ1n) is 12.0. The highest BCUT2D eigenvalue weighted by Crippen LogP contribution is 2.72. The Morgan fingerprint density at radius 3 is 2.78 bits per heavy atom. The van der Waals surface area contributed by atoms with Gasteiger partial charge in [0.25, 0.3) is 0 Å². The summed E-state index contributed by atoms with van der Waals surface area (Å²) in [6, 6.07) is 0. The number of carbonyl (C=O) groups excluding carboxylic acids is 2. The highest BCUT2D eigenvalue weighted by molar-refractivity contribution is 5.98. The van der Waals surface area contributed by atoms with Crippen LogP contribution < -0.4 is 0 Å². The Kier molecular flexibility index (Phi) is 6.68. The Morgan fingerprint density at radius 1 is 1.22 bits per heavy atom. The largest absolute Gasteiger partial charge is 0.465 e. The van der Waals surface area contributed by atoms with Crippen LogP contribution in [-0.4, -0.2) is 51.6 Å². The van der Waals surface area contributed by atoms with Gasteiger partial charge in [-0.2, -0.15) is 0 Å². The second-order valence-corrected chi connectivity index (χ2v) is 10.9. The molecule has 6 heteroatoms. The number of ketones is 1. The van der Waals surface area contributed by atoms with Gasteiger partial charge in [-0.05, 0) is 64.2 Å². The summed E-state index contributed by atoms with van der Waals surface area (Å²) in [6.45, 7) is 7.25. The third-order valence-electron chi connectivity index (χ3n) is 8.15. The third-order valence-corrected chi connectivity index (χ3v) is 8.15. The topological polar surface area (TPSA) is 71.1 Å². The molecule has 4 aliphatic carbocycles. The van der Waals surface area contributed by atoms with E-state index in [1.54, 1.807) is 7.11 Å². The van der Waals surface area contributed by atoms with E-state index in [-0.39, 0.29) is 35.6 Å². The summed E-state index contributed by atoms with van der Waals surface area (Å²) in [7, 11) is 1.61. The minimum Gasteiger partial charge on any atom is -0.465 e. The van der Waals surface area contributed by atoms with Gasteiger partial charge in [0.05, 0.1) is 31.3 Å². The van der Waals surface area contributed by atoms with E-state index in [0.29, 0.717) is 37.9 Å². The molecule has 0 aromatic carbocycles. The fourth-order valence-corrected chi connectivity index (χ4v) is 6.89. The standard InChI is InChI=1S/C26H38O6/c1-24(2,3)23(28)32-14-13-25-12-10-18-20(27)8-6-11-26(18)21(25)9-5-7-19(25)22(26)31-16-15-30-17-29-4/h5,7,10,19,21-22H,6,8-9,11-17H2,1-4H3/t19-,21-,22-,25+,26-/m0/s1. The van der Waals surface area contributed by atoms with Crippen LogP contribution in [0.4, 0.5) is 0 Å². The predicted molar refractivity (Wildman–Crippen MR) is 120 cm³/mol. The molecule has 2 fully saturated rings. The van der Waals surface area contributed by atoms with Gasteiger partial charge in [-0.25, -0.2) is 0 Å². The molecule has 0 aliphatic heterocycles. The molecule has 0 saturated heterocycles. The summed E-state index contributed by atoms with van der Waals surface area (Å²) in [5, 5.41) is 0. The van der Waals surface area contributed by atoms with Crippen molar-refractivity contribution in [2.45, 2.75) is 65.4 Å². The first kappa shape index (κ1) is 23.7. The molecule has 1 spiro atoms. The Morgan fingerprint density at radius 2 is 2.03 bits per heavy atom. The zero-order valence-electron chi connectivity index (χ0n) is 20.0. The van der Waals surface area contributed by atoms with E-state index in [9.17, 15) is 9.59 Å². The molecule has 0 unspecified atom stereocenters. The number of hydrogen-bond acceptors (Lipinski definition) is 6. The van der Waals surface area contributed by atoms with E-state index in [0.717, 1.165) is 37.7 Å². The Hall–Kier alpha value is -1.50. The monoisotopic (exact) mass is 446 g/mol. The summed E-state index contributed by atoms with van der Waals surface area (Å²) >= 11 is 0. The van der Waals surface area contributed by atoms with Crippen molar-refractivity contribution < 1.29 is 28.5 Å². The van der Waals surface area contributed by atoms with Crippen LogP contribution >= 0.6 is 0 Å². The summed E-state index contributed by atoms with van der Waals surface area (Å²) in [5.41, 5.74) is 0.224. The predicted octanol–water partition coefficient (Wildman–Crippen LogP) is 4.23. The lowest BCUT2D eigenvalue weighted by atomic mass is 9.53.